The Bertz CT molecular complexity index is 1020. The largest absolute Gasteiger partial charge is 0.320 e. The van der Waals surface area contributed by atoms with Crippen LogP contribution in [0.2, 0.25) is 5.02 Å². The molecule has 2 aromatic carbocycles. The number of quaternary nitrogens is 1. The summed E-state index contributed by atoms with van der Waals surface area (Å²) >= 11 is 7.76. The van der Waals surface area contributed by atoms with Gasteiger partial charge in [0.25, 0.3) is 11.6 Å². The van der Waals surface area contributed by atoms with Gasteiger partial charge in [0.15, 0.2) is 11.6 Å². The minimum absolute atomic E-state index is 0.107. The van der Waals surface area contributed by atoms with Crippen LogP contribution >= 0.6 is 22.9 Å². The summed E-state index contributed by atoms with van der Waals surface area (Å²) in [6.07, 6.45) is 2.04. The number of halogens is 1. The molecule has 7 nitrogen and oxygen atoms in total. The number of rotatable bonds is 5. The van der Waals surface area contributed by atoms with Crippen LogP contribution in [0, 0.1) is 10.1 Å². The molecule has 0 spiro atoms. The zero-order valence-corrected chi connectivity index (χ0v) is 16.4. The molecule has 1 amide bonds. The number of carbonyl (C=O) groups excluding carboxylic acids is 1. The van der Waals surface area contributed by atoms with Gasteiger partial charge in [-0.25, -0.2) is 4.98 Å². The Morgan fingerprint density at radius 2 is 2.18 bits per heavy atom. The van der Waals surface area contributed by atoms with Gasteiger partial charge in [-0.1, -0.05) is 23.7 Å². The third-order valence-electron chi connectivity index (χ3n) is 4.92. The molecular weight excluding hydrogens is 400 g/mol. The van der Waals surface area contributed by atoms with E-state index in [1.54, 1.807) is 11.3 Å². The average Bonchev–Trinajstić information content (AvgIpc) is 3.29. The van der Waals surface area contributed by atoms with Crippen molar-refractivity contribution in [2.24, 2.45) is 0 Å². The Balaban J connectivity index is 1.45. The molecule has 1 aliphatic rings. The molecule has 28 heavy (non-hydrogen) atoms. The van der Waals surface area contributed by atoms with Gasteiger partial charge < -0.3 is 10.2 Å². The SMILES string of the molecule is O=C(C[NH+]1CCC[C@H]1c1nc2ccccc2s1)Nc1ccc([N+](=O)[O-])cc1Cl. The van der Waals surface area contributed by atoms with Crippen molar-refractivity contribution >= 4 is 50.4 Å². The van der Waals surface area contributed by atoms with Crippen molar-refractivity contribution in [1.82, 2.24) is 4.98 Å². The third kappa shape index (κ3) is 3.84. The fraction of sp³-hybridized carbons (Fsp3) is 0.263. The molecule has 4 rings (SSSR count). The van der Waals surface area contributed by atoms with E-state index in [9.17, 15) is 14.9 Å². The topological polar surface area (TPSA) is 89.6 Å². The summed E-state index contributed by atoms with van der Waals surface area (Å²) in [7, 11) is 0. The molecule has 0 aliphatic carbocycles. The van der Waals surface area contributed by atoms with E-state index in [0.717, 1.165) is 34.6 Å². The number of para-hydroxylation sites is 1. The number of nitrogens with one attached hydrogen (secondary N) is 2. The number of nitrogens with zero attached hydrogens (tertiary/aromatic N) is 2. The molecule has 0 radical (unpaired) electrons. The molecule has 1 fully saturated rings. The van der Waals surface area contributed by atoms with E-state index < -0.39 is 4.92 Å². The summed E-state index contributed by atoms with van der Waals surface area (Å²) < 4.78 is 1.16. The lowest BCUT2D eigenvalue weighted by Gasteiger charge is -2.19. The van der Waals surface area contributed by atoms with Crippen molar-refractivity contribution in [3.63, 3.8) is 0 Å². The Morgan fingerprint density at radius 1 is 1.36 bits per heavy atom. The first kappa shape index (κ1) is 18.8. The van der Waals surface area contributed by atoms with Crippen LogP contribution in [0.5, 0.6) is 0 Å². The zero-order valence-electron chi connectivity index (χ0n) is 14.9. The maximum absolute atomic E-state index is 12.5. The second-order valence-corrected chi connectivity index (χ2v) is 8.24. The first-order chi connectivity index (χ1) is 13.5. The Morgan fingerprint density at radius 3 is 2.93 bits per heavy atom. The maximum Gasteiger partial charge on any atom is 0.279 e. The van der Waals surface area contributed by atoms with E-state index in [4.69, 9.17) is 16.6 Å². The first-order valence-corrected chi connectivity index (χ1v) is 10.1. The Labute approximate surface area is 170 Å². The van der Waals surface area contributed by atoms with Gasteiger partial charge >= 0.3 is 0 Å². The summed E-state index contributed by atoms with van der Waals surface area (Å²) in [4.78, 5) is 28.8. The van der Waals surface area contributed by atoms with E-state index in [1.807, 2.05) is 18.2 Å². The molecule has 1 saturated heterocycles. The molecule has 1 aliphatic heterocycles. The molecule has 1 aromatic heterocycles. The molecule has 2 N–H and O–H groups in total. The first-order valence-electron chi connectivity index (χ1n) is 8.95. The molecule has 144 valence electrons. The molecule has 0 bridgehead atoms. The fourth-order valence-electron chi connectivity index (χ4n) is 3.58. The van der Waals surface area contributed by atoms with Gasteiger partial charge in [-0.05, 0) is 18.2 Å². The molecule has 1 unspecified atom stereocenters. The number of nitro groups is 1. The summed E-state index contributed by atoms with van der Waals surface area (Å²) in [5.74, 6) is -0.168. The minimum atomic E-state index is -0.519. The monoisotopic (exact) mass is 417 g/mol. The zero-order chi connectivity index (χ0) is 19.7. The van der Waals surface area contributed by atoms with Crippen LogP contribution in [0.1, 0.15) is 23.9 Å². The lowest BCUT2D eigenvalue weighted by Crippen LogP contribution is -3.11. The lowest BCUT2D eigenvalue weighted by molar-refractivity contribution is -0.910. The second kappa shape index (κ2) is 7.83. The van der Waals surface area contributed by atoms with Crippen molar-refractivity contribution < 1.29 is 14.6 Å². The number of thiazole rings is 1. The smallest absolute Gasteiger partial charge is 0.279 e. The van der Waals surface area contributed by atoms with E-state index >= 15 is 0 Å². The number of amides is 1. The number of non-ortho nitro benzene ring substituents is 1. The van der Waals surface area contributed by atoms with Crippen LogP contribution < -0.4 is 10.2 Å². The van der Waals surface area contributed by atoms with Gasteiger partial charge in [-0.2, -0.15) is 0 Å². The van der Waals surface area contributed by atoms with Crippen LogP contribution in [0.3, 0.4) is 0 Å². The van der Waals surface area contributed by atoms with Crippen LogP contribution in [0.15, 0.2) is 42.5 Å². The number of benzene rings is 2. The summed E-state index contributed by atoms with van der Waals surface area (Å²) in [6, 6.07) is 12.3. The maximum atomic E-state index is 12.5. The second-order valence-electron chi connectivity index (χ2n) is 6.77. The quantitative estimate of drug-likeness (QED) is 0.492. The van der Waals surface area contributed by atoms with Gasteiger partial charge in [0, 0.05) is 25.0 Å². The van der Waals surface area contributed by atoms with Gasteiger partial charge in [-0.3, -0.25) is 14.9 Å². The van der Waals surface area contributed by atoms with Crippen molar-refractivity contribution in [3.8, 4) is 0 Å². The third-order valence-corrected chi connectivity index (χ3v) is 6.38. The number of nitro benzene ring substituents is 1. The van der Waals surface area contributed by atoms with Crippen molar-refractivity contribution in [2.45, 2.75) is 18.9 Å². The van der Waals surface area contributed by atoms with Gasteiger partial charge in [0.2, 0.25) is 0 Å². The highest BCUT2D eigenvalue weighted by molar-refractivity contribution is 7.18. The molecule has 3 aromatic rings. The molecular formula is C19H18ClN4O3S+. The number of carbonyl (C=O) groups is 1. The average molecular weight is 418 g/mol. The Hall–Kier alpha value is -2.55. The van der Waals surface area contributed by atoms with Crippen molar-refractivity contribution in [3.05, 3.63) is 62.6 Å². The van der Waals surface area contributed by atoms with Crippen LogP contribution in [0.4, 0.5) is 11.4 Å². The van der Waals surface area contributed by atoms with E-state index in [1.165, 1.54) is 23.1 Å². The number of hydrogen-bond donors (Lipinski definition) is 2. The standard InChI is InChI=1S/C19H17ClN4O3S/c20-13-10-12(24(26)27)7-8-14(13)21-18(25)11-23-9-3-5-16(23)19-22-15-4-1-2-6-17(15)28-19/h1-2,4,6-8,10,16H,3,5,9,11H2,(H,21,25)/p+1/t16-/m0/s1. The summed E-state index contributed by atoms with van der Waals surface area (Å²) in [5.41, 5.74) is 1.27. The molecule has 0 saturated carbocycles. The predicted octanol–water partition coefficient (Wildman–Crippen LogP) is 3.22. The van der Waals surface area contributed by atoms with Crippen LogP contribution in [-0.4, -0.2) is 28.9 Å². The van der Waals surface area contributed by atoms with Gasteiger partial charge in [-0.15, -0.1) is 11.3 Å². The van der Waals surface area contributed by atoms with Crippen molar-refractivity contribution in [1.29, 1.82) is 0 Å². The molecule has 2 heterocycles. The van der Waals surface area contributed by atoms with Crippen molar-refractivity contribution in [2.75, 3.05) is 18.4 Å². The number of aromatic nitrogens is 1. The predicted molar refractivity (Wildman–Crippen MR) is 109 cm³/mol. The summed E-state index contributed by atoms with van der Waals surface area (Å²) in [6.45, 7) is 1.20. The highest BCUT2D eigenvalue weighted by Gasteiger charge is 2.34. The van der Waals surface area contributed by atoms with Gasteiger partial charge in [0.05, 0.1) is 32.4 Å². The van der Waals surface area contributed by atoms with E-state index in [0.29, 0.717) is 12.2 Å². The highest BCUT2D eigenvalue weighted by atomic mass is 35.5. The number of fused-ring (bicyclic) bond motifs is 1. The lowest BCUT2D eigenvalue weighted by atomic mass is 10.2. The number of hydrogen-bond acceptors (Lipinski definition) is 5. The van der Waals surface area contributed by atoms with E-state index in [-0.39, 0.29) is 22.7 Å². The molecule has 9 heteroatoms. The van der Waals surface area contributed by atoms with Crippen LogP contribution in [0.25, 0.3) is 10.2 Å². The van der Waals surface area contributed by atoms with Crippen LogP contribution in [-0.2, 0) is 4.79 Å². The highest BCUT2D eigenvalue weighted by Crippen LogP contribution is 2.29. The number of likely N-dealkylation sites (tertiary alicyclic amines) is 1. The van der Waals surface area contributed by atoms with Gasteiger partial charge in [0.1, 0.15) is 6.04 Å². The Kier molecular flexibility index (Phi) is 5.25. The fourth-order valence-corrected chi connectivity index (χ4v) is 4.96. The normalized spacial score (nSPS) is 19.0. The minimum Gasteiger partial charge on any atom is -0.320 e. The summed E-state index contributed by atoms with van der Waals surface area (Å²) in [5, 5.41) is 14.8. The number of anilines is 1. The van der Waals surface area contributed by atoms with E-state index in [2.05, 4.69) is 11.4 Å². The molecule has 2 atom stereocenters.